The molecule has 106 valence electrons. The maximum atomic E-state index is 5.89. The molecule has 1 aliphatic rings. The monoisotopic (exact) mass is 285 g/mol. The summed E-state index contributed by atoms with van der Waals surface area (Å²) in [6, 6.07) is 0.736. The highest BCUT2D eigenvalue weighted by Crippen LogP contribution is 2.16. The zero-order chi connectivity index (χ0) is 13.7. The highest BCUT2D eigenvalue weighted by molar-refractivity contribution is 6.28. The summed E-state index contributed by atoms with van der Waals surface area (Å²) in [6.45, 7) is 4.86. The van der Waals surface area contributed by atoms with Gasteiger partial charge in [-0.3, -0.25) is 0 Å². The SMILES string of the molecule is CCN(CC1CCCCN1)c1nc(Cl)nc(OC)n1. The fraction of sp³-hybridized carbons (Fsp3) is 0.750. The summed E-state index contributed by atoms with van der Waals surface area (Å²) in [5.74, 6) is 0.576. The van der Waals surface area contributed by atoms with Crippen molar-refractivity contribution in [1.82, 2.24) is 20.3 Å². The first-order chi connectivity index (χ1) is 9.22. The van der Waals surface area contributed by atoms with E-state index in [1.807, 2.05) is 0 Å². The van der Waals surface area contributed by atoms with Crippen molar-refractivity contribution in [1.29, 1.82) is 0 Å². The van der Waals surface area contributed by atoms with Gasteiger partial charge < -0.3 is 15.0 Å². The highest BCUT2D eigenvalue weighted by atomic mass is 35.5. The number of methoxy groups -OCH3 is 1. The van der Waals surface area contributed by atoms with Gasteiger partial charge in [0.25, 0.3) is 0 Å². The molecule has 1 aromatic heterocycles. The van der Waals surface area contributed by atoms with E-state index in [1.54, 1.807) is 0 Å². The van der Waals surface area contributed by atoms with Crippen LogP contribution in [0.1, 0.15) is 26.2 Å². The largest absolute Gasteiger partial charge is 0.467 e. The van der Waals surface area contributed by atoms with Crippen molar-refractivity contribution in [3.63, 3.8) is 0 Å². The van der Waals surface area contributed by atoms with Gasteiger partial charge in [-0.2, -0.15) is 15.0 Å². The number of ether oxygens (including phenoxy) is 1. The zero-order valence-electron chi connectivity index (χ0n) is 11.4. The highest BCUT2D eigenvalue weighted by Gasteiger charge is 2.18. The summed E-state index contributed by atoms with van der Waals surface area (Å²) < 4.78 is 5.03. The second-order valence-corrected chi connectivity index (χ2v) is 4.91. The molecule has 0 amide bonds. The number of nitrogens with one attached hydrogen (secondary N) is 1. The average molecular weight is 286 g/mol. The number of aromatic nitrogens is 3. The molecular formula is C12H20ClN5O. The Labute approximate surface area is 118 Å². The topological polar surface area (TPSA) is 63.2 Å². The molecule has 7 heteroatoms. The number of anilines is 1. The first-order valence-corrected chi connectivity index (χ1v) is 7.04. The fourth-order valence-electron chi connectivity index (χ4n) is 2.25. The molecule has 6 nitrogen and oxygen atoms in total. The van der Waals surface area contributed by atoms with Gasteiger partial charge in [0.2, 0.25) is 11.2 Å². The van der Waals surface area contributed by atoms with Crippen LogP contribution < -0.4 is 15.0 Å². The number of nitrogens with zero attached hydrogens (tertiary/aromatic N) is 4. The molecule has 19 heavy (non-hydrogen) atoms. The molecule has 0 aliphatic carbocycles. The van der Waals surface area contributed by atoms with Crippen molar-refractivity contribution >= 4 is 17.5 Å². The molecule has 1 N–H and O–H groups in total. The number of halogens is 1. The van der Waals surface area contributed by atoms with Gasteiger partial charge in [-0.1, -0.05) is 6.42 Å². The molecule has 0 spiro atoms. The first-order valence-electron chi connectivity index (χ1n) is 6.66. The summed E-state index contributed by atoms with van der Waals surface area (Å²) in [6.07, 6.45) is 3.72. The van der Waals surface area contributed by atoms with Crippen LogP contribution in [0.2, 0.25) is 5.28 Å². The molecule has 1 atom stereocenters. The van der Waals surface area contributed by atoms with Gasteiger partial charge in [0, 0.05) is 19.1 Å². The van der Waals surface area contributed by atoms with Crippen molar-refractivity contribution < 1.29 is 4.74 Å². The fourth-order valence-corrected chi connectivity index (χ4v) is 2.40. The predicted octanol–water partition coefficient (Wildman–Crippen LogP) is 1.50. The van der Waals surface area contributed by atoms with E-state index < -0.39 is 0 Å². The van der Waals surface area contributed by atoms with Gasteiger partial charge in [0.05, 0.1) is 7.11 Å². The van der Waals surface area contributed by atoms with Crippen LogP contribution in [0.25, 0.3) is 0 Å². The van der Waals surface area contributed by atoms with Crippen molar-refractivity contribution in [2.75, 3.05) is 31.6 Å². The summed E-state index contributed by atoms with van der Waals surface area (Å²) in [5.41, 5.74) is 0. The van der Waals surface area contributed by atoms with E-state index in [9.17, 15) is 0 Å². The molecule has 2 heterocycles. The molecule has 1 aliphatic heterocycles. The number of hydrogen-bond donors (Lipinski definition) is 1. The smallest absolute Gasteiger partial charge is 0.322 e. The quantitative estimate of drug-likeness (QED) is 0.885. The normalized spacial score (nSPS) is 19.2. The molecule has 1 unspecified atom stereocenters. The third-order valence-corrected chi connectivity index (χ3v) is 3.45. The van der Waals surface area contributed by atoms with E-state index in [2.05, 4.69) is 32.1 Å². The molecule has 1 saturated heterocycles. The van der Waals surface area contributed by atoms with E-state index in [1.165, 1.54) is 26.4 Å². The Bertz CT molecular complexity index is 411. The zero-order valence-corrected chi connectivity index (χ0v) is 12.2. The Morgan fingerprint density at radius 1 is 1.37 bits per heavy atom. The maximum absolute atomic E-state index is 5.89. The van der Waals surface area contributed by atoms with Crippen LogP contribution in [-0.2, 0) is 0 Å². The lowest BCUT2D eigenvalue weighted by atomic mass is 10.0. The standard InChI is InChI=1S/C12H20ClN5O/c1-3-18(8-9-6-4-5-7-14-9)11-15-10(13)16-12(17-11)19-2/h9,14H,3-8H2,1-2H3. The van der Waals surface area contributed by atoms with Crippen molar-refractivity contribution in [2.45, 2.75) is 32.2 Å². The second-order valence-electron chi connectivity index (χ2n) is 4.58. The van der Waals surface area contributed by atoms with E-state index in [-0.39, 0.29) is 11.3 Å². The Morgan fingerprint density at radius 2 is 2.21 bits per heavy atom. The number of hydrogen-bond acceptors (Lipinski definition) is 6. The summed E-state index contributed by atoms with van der Waals surface area (Å²) in [4.78, 5) is 14.4. The molecule has 2 rings (SSSR count). The Kier molecular flexibility index (Phi) is 5.15. The molecule has 0 saturated carbocycles. The van der Waals surface area contributed by atoms with Crippen LogP contribution in [-0.4, -0.2) is 47.7 Å². The van der Waals surface area contributed by atoms with Crippen LogP contribution >= 0.6 is 11.6 Å². The molecule has 0 aromatic carbocycles. The van der Waals surface area contributed by atoms with Gasteiger partial charge in [-0.25, -0.2) is 0 Å². The van der Waals surface area contributed by atoms with Crippen LogP contribution in [0.5, 0.6) is 6.01 Å². The Balaban J connectivity index is 2.09. The lowest BCUT2D eigenvalue weighted by molar-refractivity contribution is 0.375. The van der Waals surface area contributed by atoms with Crippen molar-refractivity contribution in [3.8, 4) is 6.01 Å². The van der Waals surface area contributed by atoms with Crippen LogP contribution in [0.4, 0.5) is 5.95 Å². The first kappa shape index (κ1) is 14.3. The summed E-state index contributed by atoms with van der Waals surface area (Å²) in [7, 11) is 1.52. The van der Waals surface area contributed by atoms with Crippen molar-refractivity contribution in [2.24, 2.45) is 0 Å². The molecule has 1 aromatic rings. The van der Waals surface area contributed by atoms with Gasteiger partial charge in [-0.05, 0) is 37.9 Å². The Morgan fingerprint density at radius 3 is 2.84 bits per heavy atom. The Hall–Kier alpha value is -1.14. The van der Waals surface area contributed by atoms with E-state index in [4.69, 9.17) is 16.3 Å². The minimum absolute atomic E-state index is 0.164. The molecular weight excluding hydrogens is 266 g/mol. The second kappa shape index (κ2) is 6.86. The van der Waals surface area contributed by atoms with Gasteiger partial charge >= 0.3 is 6.01 Å². The number of likely N-dealkylation sites (N-methyl/N-ethyl adjacent to an activating group) is 1. The molecule has 0 radical (unpaired) electrons. The van der Waals surface area contributed by atoms with Gasteiger partial charge in [0.1, 0.15) is 0 Å². The lowest BCUT2D eigenvalue weighted by Crippen LogP contribution is -2.44. The average Bonchev–Trinajstić information content (AvgIpc) is 2.45. The molecule has 1 fully saturated rings. The van der Waals surface area contributed by atoms with E-state index >= 15 is 0 Å². The van der Waals surface area contributed by atoms with Crippen LogP contribution in [0.15, 0.2) is 0 Å². The maximum Gasteiger partial charge on any atom is 0.322 e. The minimum atomic E-state index is 0.164. The lowest BCUT2D eigenvalue weighted by Gasteiger charge is -2.29. The predicted molar refractivity (Wildman–Crippen MR) is 74.9 cm³/mol. The minimum Gasteiger partial charge on any atom is -0.467 e. The number of rotatable bonds is 5. The third kappa shape index (κ3) is 3.91. The summed E-state index contributed by atoms with van der Waals surface area (Å²) in [5, 5.41) is 3.68. The van der Waals surface area contributed by atoms with Crippen LogP contribution in [0.3, 0.4) is 0 Å². The third-order valence-electron chi connectivity index (χ3n) is 3.28. The van der Waals surface area contributed by atoms with Crippen molar-refractivity contribution in [3.05, 3.63) is 5.28 Å². The molecule has 0 bridgehead atoms. The van der Waals surface area contributed by atoms with Gasteiger partial charge in [-0.15, -0.1) is 0 Å². The van der Waals surface area contributed by atoms with Gasteiger partial charge in [0.15, 0.2) is 0 Å². The number of piperidine rings is 1. The summed E-state index contributed by atoms with van der Waals surface area (Å²) >= 11 is 5.89. The van der Waals surface area contributed by atoms with Crippen LogP contribution in [0, 0.1) is 0 Å². The van der Waals surface area contributed by atoms with E-state index in [0.717, 1.165) is 19.6 Å². The van der Waals surface area contributed by atoms with E-state index in [0.29, 0.717) is 12.0 Å².